The van der Waals surface area contributed by atoms with Gasteiger partial charge < -0.3 is 4.28 Å². The van der Waals surface area contributed by atoms with E-state index >= 15 is 0 Å². The molecule has 25 heteroatoms. The summed E-state index contributed by atoms with van der Waals surface area (Å²) in [6, 6.07) is 0. The van der Waals surface area contributed by atoms with Crippen molar-refractivity contribution in [2.75, 3.05) is 0 Å². The van der Waals surface area contributed by atoms with E-state index in [2.05, 4.69) is 0 Å². The van der Waals surface area contributed by atoms with E-state index in [1.165, 1.54) is 0 Å². The maximum absolute atomic E-state index is 0. The van der Waals surface area contributed by atoms with E-state index in [9.17, 15) is 0 Å². The molecule has 0 aromatic heterocycles. The van der Waals surface area contributed by atoms with Crippen LogP contribution in [0.3, 0.4) is 0 Å². The second-order valence-electron chi connectivity index (χ2n) is 0. The molecule has 0 heterocycles. The average Bonchev–Trinajstić information content (AvgIpc) is 0. The molecule has 0 spiro atoms. The molecule has 0 aliphatic carbocycles. The Kier molecular flexibility index (Phi) is 3300. The maximum Gasteiger partial charge on any atom is 1.00 e. The molecule has 193 valence electrons. The van der Waals surface area contributed by atoms with Gasteiger partial charge in [-0.05, 0) is 0 Å². The van der Waals surface area contributed by atoms with Crippen LogP contribution in [0.2, 0.25) is 0 Å². The first-order valence-electron chi connectivity index (χ1n) is 0. The molecule has 0 aromatic rings. The van der Waals surface area contributed by atoms with Crippen molar-refractivity contribution in [3.8, 4) is 0 Å². The summed E-state index contributed by atoms with van der Waals surface area (Å²) in [5, 5.41) is 0. The molecule has 11 radical (unpaired) electrons. The average molecular weight is 1300 g/mol. The molecule has 0 saturated heterocycles. The number of rotatable bonds is 0. The van der Waals surface area contributed by atoms with E-state index in [0.29, 0.717) is 0 Å². The van der Waals surface area contributed by atoms with Crippen LogP contribution in [0.1, 0.15) is 50.0 Å². The SMILES string of the molecule is C.C.C.C.C.P.P.P.P.P.P.P.P.P.P.P.[2HH].[2HH].[2HH].[2HH].[H-].[H-].[H-].[HH].[HH].[K+].[K+].[K+].[V].[V].[V].[V].[V].[V].[V].[Y].[Y].[Y].[Y]. The van der Waals surface area contributed by atoms with Crippen molar-refractivity contribution >= 4 is 109 Å². The Hall–Kier alpha value is 18.1. The molecule has 0 aromatic carbocycles. The Balaban J connectivity index is 0. The Bertz CT molecular complexity index is 95.5. The molecule has 0 nitrogen and oxygen atoms in total. The van der Waals surface area contributed by atoms with Gasteiger partial charge >= 0.3 is 154 Å². The van der Waals surface area contributed by atoms with Gasteiger partial charge in [0.25, 0.3) is 0 Å². The Labute approximate surface area is 557 Å². The van der Waals surface area contributed by atoms with Crippen molar-refractivity contribution in [1.82, 2.24) is 0 Å². The van der Waals surface area contributed by atoms with Crippen LogP contribution in [0, 0.1) is 0 Å². The summed E-state index contributed by atoms with van der Waals surface area (Å²) in [4.78, 5) is 0. The van der Waals surface area contributed by atoms with E-state index in [0.717, 1.165) is 0 Å². The zero-order valence-electron chi connectivity index (χ0n) is 19.2. The van der Waals surface area contributed by atoms with Crippen molar-refractivity contribution < 1.29 is 428 Å². The first-order valence-corrected chi connectivity index (χ1v) is 0. The van der Waals surface area contributed by atoms with Crippen molar-refractivity contribution in [2.45, 2.75) is 37.1 Å². The number of hydrogen-bond donors (Lipinski definition) is 0. The van der Waals surface area contributed by atoms with Crippen LogP contribution in [0.5, 0.6) is 0 Å². The van der Waals surface area contributed by atoms with Crippen LogP contribution >= 0.6 is 109 Å². The standard InChI is InChI=1S/5CH4.3K.11H3P.7V.4Y.6H2.3H/h5*1H4;;;;11*1H3;;;;;;;;;;;;6*1H;;;/q;;;;;3*+1;;;;;;;;;;;;;;;;;;;;;;;;;;;;;3*-1/i;;;;;;;;;;;;;;;;;;;;;;;;;;;;;;4*1+1;;;;;. The van der Waals surface area contributed by atoms with E-state index < -0.39 is 0 Å². The molecule has 11 unspecified atom stereocenters. The van der Waals surface area contributed by atoms with Gasteiger partial charge in [0.15, 0.2) is 0 Å². The van der Waals surface area contributed by atoms with Gasteiger partial charge in [0.05, 0.1) is 0 Å². The molecule has 0 fully saturated rings. The molecule has 0 N–H and O–H groups in total. The third-order valence-corrected chi connectivity index (χ3v) is 0. The second kappa shape index (κ2) is 305. The van der Waals surface area contributed by atoms with Gasteiger partial charge in [0.2, 0.25) is 0 Å². The van der Waals surface area contributed by atoms with Crippen molar-refractivity contribution in [1.29, 1.82) is 0 Å². The van der Waals surface area contributed by atoms with Gasteiger partial charge in [-0.15, -0.1) is 0 Å². The first-order chi connectivity index (χ1) is 0. The second-order valence-corrected chi connectivity index (χ2v) is 0. The zero-order chi connectivity index (χ0) is 0. The van der Waals surface area contributed by atoms with Gasteiger partial charge in [-0.3, -0.25) is 0 Å². The Morgan fingerprint density at radius 3 is 0.267 bits per heavy atom. The molecule has 0 saturated carbocycles. The quantitative estimate of drug-likeness (QED) is 0.176. The molecule has 0 aliphatic heterocycles. The summed E-state index contributed by atoms with van der Waals surface area (Å²) < 4.78 is 0. The number of hydrogen-bond acceptors (Lipinski definition) is 0. The van der Waals surface area contributed by atoms with E-state index in [1.807, 2.05) is 0 Å². The summed E-state index contributed by atoms with van der Waals surface area (Å²) in [5.74, 6) is 0. The Morgan fingerprint density at radius 1 is 0.267 bits per heavy atom. The van der Waals surface area contributed by atoms with Gasteiger partial charge in [0.1, 0.15) is 0 Å². The van der Waals surface area contributed by atoms with Crippen LogP contribution in [0.4, 0.5) is 0 Å². The zero-order valence-corrected chi connectivity index (χ0v) is 62.3. The topological polar surface area (TPSA) is 0 Å². The molecule has 0 bridgehead atoms. The van der Waals surface area contributed by atoms with Gasteiger partial charge in [-0.1, -0.05) is 37.1 Å². The van der Waals surface area contributed by atoms with Crippen molar-refractivity contribution in [3.05, 3.63) is 0 Å². The fraction of sp³-hybridized carbons (Fsp3) is 1.00. The fourth-order valence-electron chi connectivity index (χ4n) is 0. The Morgan fingerprint density at radius 2 is 0.267 bits per heavy atom. The third kappa shape index (κ3) is 286. The smallest absolute Gasteiger partial charge is 1.00 e. The predicted molar refractivity (Wildman–Crippen MR) is 172 cm³/mol. The molecule has 11 atom stereocenters. The van der Waals surface area contributed by atoms with Gasteiger partial charge in [-0.2, -0.15) is 109 Å². The third-order valence-electron chi connectivity index (χ3n) is 0. The van der Waals surface area contributed by atoms with Gasteiger partial charge in [-0.25, -0.2) is 0 Å². The molecule has 0 aliphatic rings. The monoisotopic (exact) mass is 1300 g/mol. The van der Waals surface area contributed by atoms with E-state index in [4.69, 9.17) is 0 Å². The summed E-state index contributed by atoms with van der Waals surface area (Å²) >= 11 is 0. The summed E-state index contributed by atoms with van der Waals surface area (Å²) in [6.07, 6.45) is 0. The molecule has 30 heavy (non-hydrogen) atoms. The minimum absolute atomic E-state index is 0. The molecular weight excluding hydrogens is 1230 g/mol. The van der Waals surface area contributed by atoms with E-state index in [1.54, 1.807) is 0 Å². The molecule has 0 rings (SSSR count). The van der Waals surface area contributed by atoms with E-state index in [-0.39, 0.29) is 574 Å². The summed E-state index contributed by atoms with van der Waals surface area (Å²) in [5.41, 5.74) is 0. The van der Waals surface area contributed by atoms with Gasteiger partial charge in [0, 0.05) is 269 Å². The van der Waals surface area contributed by atoms with Crippen LogP contribution in [0.25, 0.3) is 0 Å². The normalized spacial score (nSPS) is 0. The van der Waals surface area contributed by atoms with Crippen molar-refractivity contribution in [2.24, 2.45) is 0 Å². The largest absolute Gasteiger partial charge is 1.00 e. The predicted octanol–water partition coefficient (Wildman–Crippen LogP) is -3.38. The van der Waals surface area contributed by atoms with Crippen LogP contribution in [-0.2, 0) is 261 Å². The molecular formula is C5H68K3P11V7Y4. The van der Waals surface area contributed by atoms with Crippen LogP contribution in [0.15, 0.2) is 0 Å². The van der Waals surface area contributed by atoms with Crippen LogP contribution in [-0.4, -0.2) is 0 Å². The minimum Gasteiger partial charge on any atom is -1.00 e. The summed E-state index contributed by atoms with van der Waals surface area (Å²) in [6.45, 7) is 0. The first kappa shape index (κ1) is 325. The fourth-order valence-corrected chi connectivity index (χ4v) is 0. The van der Waals surface area contributed by atoms with Crippen LogP contribution < -0.4 is 154 Å². The minimum atomic E-state index is 0. The summed E-state index contributed by atoms with van der Waals surface area (Å²) in [7, 11) is 0. The maximum atomic E-state index is 0. The molecule has 0 amide bonds. The van der Waals surface area contributed by atoms with Crippen molar-refractivity contribution in [3.63, 3.8) is 0 Å².